The monoisotopic (exact) mass is 289 g/mol. The minimum Gasteiger partial charge on any atom is -0.323 e. The van der Waals surface area contributed by atoms with E-state index in [1.54, 1.807) is 0 Å². The molecule has 8 heteroatoms. The molecule has 3 aromatic heterocycles. The Bertz CT molecular complexity index is 1030. The molecule has 0 saturated carbocycles. The zero-order valence-corrected chi connectivity index (χ0v) is 12.0. The SMILES string of the molecule is CCCc1[nH]nc2[nH]c3c(c(=O)c12)c(=O)n(C)c(=O)n3C. The molecule has 0 fully saturated rings. The zero-order valence-electron chi connectivity index (χ0n) is 12.0. The molecule has 0 aliphatic rings. The molecule has 0 spiro atoms. The van der Waals surface area contributed by atoms with Crippen LogP contribution in [0.15, 0.2) is 14.4 Å². The fraction of sp³-hybridized carbons (Fsp3) is 0.385. The minimum absolute atomic E-state index is 0.0224. The fourth-order valence-electron chi connectivity index (χ4n) is 2.58. The second-order valence-electron chi connectivity index (χ2n) is 5.06. The second-order valence-corrected chi connectivity index (χ2v) is 5.06. The van der Waals surface area contributed by atoms with E-state index in [1.807, 2.05) is 6.92 Å². The second kappa shape index (κ2) is 4.44. The maximum absolute atomic E-state index is 12.7. The number of nitrogens with one attached hydrogen (secondary N) is 2. The summed E-state index contributed by atoms with van der Waals surface area (Å²) in [7, 11) is 2.86. The highest BCUT2D eigenvalue weighted by molar-refractivity contribution is 5.90. The van der Waals surface area contributed by atoms with E-state index >= 15 is 0 Å². The molecular weight excluding hydrogens is 274 g/mol. The highest BCUT2D eigenvalue weighted by Gasteiger charge is 2.18. The van der Waals surface area contributed by atoms with Crippen molar-refractivity contribution in [2.75, 3.05) is 0 Å². The summed E-state index contributed by atoms with van der Waals surface area (Å²) in [5.74, 6) is 0. The molecule has 0 saturated heterocycles. The Labute approximate surface area is 118 Å². The molecule has 0 bridgehead atoms. The third-order valence-electron chi connectivity index (χ3n) is 3.70. The van der Waals surface area contributed by atoms with Gasteiger partial charge >= 0.3 is 5.69 Å². The third kappa shape index (κ3) is 1.68. The first-order valence-electron chi connectivity index (χ1n) is 6.66. The van der Waals surface area contributed by atoms with Crippen molar-refractivity contribution in [3.63, 3.8) is 0 Å². The lowest BCUT2D eigenvalue weighted by Crippen LogP contribution is -2.39. The number of nitrogens with zero attached hydrogens (tertiary/aromatic N) is 3. The molecular formula is C13H15N5O3. The first-order valence-corrected chi connectivity index (χ1v) is 6.66. The number of hydrogen-bond donors (Lipinski definition) is 2. The number of H-pyrrole nitrogens is 2. The number of aromatic amines is 2. The predicted molar refractivity (Wildman–Crippen MR) is 78.7 cm³/mol. The van der Waals surface area contributed by atoms with Crippen molar-refractivity contribution in [2.24, 2.45) is 14.1 Å². The number of hydrogen-bond acceptors (Lipinski definition) is 4. The smallest absolute Gasteiger partial charge is 0.323 e. The van der Waals surface area contributed by atoms with Crippen molar-refractivity contribution in [3.8, 4) is 0 Å². The molecule has 0 amide bonds. The molecule has 3 rings (SSSR count). The summed E-state index contributed by atoms with van der Waals surface area (Å²) in [6.45, 7) is 1.99. The van der Waals surface area contributed by atoms with E-state index in [9.17, 15) is 14.4 Å². The molecule has 110 valence electrons. The van der Waals surface area contributed by atoms with Crippen LogP contribution in [-0.2, 0) is 20.5 Å². The van der Waals surface area contributed by atoms with Gasteiger partial charge in [-0.15, -0.1) is 0 Å². The van der Waals surface area contributed by atoms with Crippen LogP contribution in [0.1, 0.15) is 19.0 Å². The van der Waals surface area contributed by atoms with E-state index in [0.29, 0.717) is 23.1 Å². The van der Waals surface area contributed by atoms with Gasteiger partial charge in [-0.3, -0.25) is 23.8 Å². The minimum atomic E-state index is -0.597. The Morgan fingerprint density at radius 1 is 1.10 bits per heavy atom. The van der Waals surface area contributed by atoms with Gasteiger partial charge in [-0.1, -0.05) is 13.3 Å². The van der Waals surface area contributed by atoms with Crippen LogP contribution in [0.5, 0.6) is 0 Å². The number of pyridine rings is 1. The van der Waals surface area contributed by atoms with Gasteiger partial charge in [0, 0.05) is 19.8 Å². The van der Waals surface area contributed by atoms with E-state index < -0.39 is 16.7 Å². The van der Waals surface area contributed by atoms with Crippen LogP contribution in [0.25, 0.3) is 22.1 Å². The number of fused-ring (bicyclic) bond motifs is 2. The number of rotatable bonds is 2. The van der Waals surface area contributed by atoms with Gasteiger partial charge in [0.05, 0.1) is 5.39 Å². The van der Waals surface area contributed by atoms with Crippen molar-refractivity contribution < 1.29 is 0 Å². The van der Waals surface area contributed by atoms with E-state index in [4.69, 9.17) is 0 Å². The Kier molecular flexibility index (Phi) is 2.82. The molecule has 3 heterocycles. The first kappa shape index (κ1) is 13.3. The van der Waals surface area contributed by atoms with Gasteiger partial charge in [0.25, 0.3) is 5.56 Å². The van der Waals surface area contributed by atoms with Gasteiger partial charge in [-0.05, 0) is 6.42 Å². The summed E-state index contributed by atoms with van der Waals surface area (Å²) in [5.41, 5.74) is -0.236. The summed E-state index contributed by atoms with van der Waals surface area (Å²) < 4.78 is 2.18. The average molecular weight is 289 g/mol. The van der Waals surface area contributed by atoms with Crippen molar-refractivity contribution in [1.29, 1.82) is 0 Å². The van der Waals surface area contributed by atoms with E-state index in [1.165, 1.54) is 18.7 Å². The topological polar surface area (TPSA) is 106 Å². The van der Waals surface area contributed by atoms with Crippen LogP contribution in [0, 0.1) is 0 Å². The lowest BCUT2D eigenvalue weighted by Gasteiger charge is -2.06. The molecule has 0 aliphatic carbocycles. The predicted octanol–water partition coefficient (Wildman–Crippen LogP) is -0.246. The summed E-state index contributed by atoms with van der Waals surface area (Å²) >= 11 is 0. The first-order chi connectivity index (χ1) is 9.97. The zero-order chi connectivity index (χ0) is 15.3. The number of aryl methyl sites for hydroxylation is 2. The van der Waals surface area contributed by atoms with Gasteiger partial charge in [-0.2, -0.15) is 5.10 Å². The van der Waals surface area contributed by atoms with Gasteiger partial charge in [0.1, 0.15) is 11.0 Å². The molecule has 0 atom stereocenters. The largest absolute Gasteiger partial charge is 0.332 e. The Morgan fingerprint density at radius 3 is 2.48 bits per heavy atom. The Balaban J connectivity index is 2.63. The molecule has 21 heavy (non-hydrogen) atoms. The molecule has 3 aromatic rings. The van der Waals surface area contributed by atoms with Crippen LogP contribution in [0.2, 0.25) is 0 Å². The molecule has 8 nitrogen and oxygen atoms in total. The maximum atomic E-state index is 12.7. The molecule has 0 aliphatic heterocycles. The van der Waals surface area contributed by atoms with Gasteiger partial charge < -0.3 is 4.98 Å². The molecule has 0 aromatic carbocycles. The summed E-state index contributed by atoms with van der Waals surface area (Å²) in [4.78, 5) is 39.8. The standard InChI is InChI=1S/C13H15N5O3/c1-4-5-6-7-9(19)8-11(14-10(7)16-15-6)17(2)13(21)18(3)12(8)20/h4-5H2,1-3H3,(H2,14,15,16,19). The lowest BCUT2D eigenvalue weighted by atomic mass is 10.1. The summed E-state index contributed by atoms with van der Waals surface area (Å²) in [6, 6.07) is 0. The van der Waals surface area contributed by atoms with Crippen LogP contribution in [-0.4, -0.2) is 24.3 Å². The van der Waals surface area contributed by atoms with Crippen LogP contribution >= 0.6 is 0 Å². The summed E-state index contributed by atoms with van der Waals surface area (Å²) in [5, 5.41) is 7.25. The molecule has 0 radical (unpaired) electrons. The highest BCUT2D eigenvalue weighted by atomic mass is 16.2. The van der Waals surface area contributed by atoms with Crippen molar-refractivity contribution in [2.45, 2.75) is 19.8 Å². The van der Waals surface area contributed by atoms with Crippen molar-refractivity contribution >= 4 is 22.1 Å². The van der Waals surface area contributed by atoms with Crippen molar-refractivity contribution in [1.82, 2.24) is 24.3 Å². The van der Waals surface area contributed by atoms with Gasteiger partial charge in [0.15, 0.2) is 5.65 Å². The van der Waals surface area contributed by atoms with Gasteiger partial charge in [-0.25, -0.2) is 4.79 Å². The quantitative estimate of drug-likeness (QED) is 0.678. The lowest BCUT2D eigenvalue weighted by molar-refractivity contribution is 0.708. The fourth-order valence-corrected chi connectivity index (χ4v) is 2.58. The van der Waals surface area contributed by atoms with Crippen molar-refractivity contribution in [3.05, 3.63) is 36.8 Å². The normalized spacial score (nSPS) is 11.6. The maximum Gasteiger partial charge on any atom is 0.332 e. The Hall–Kier alpha value is -2.64. The highest BCUT2D eigenvalue weighted by Crippen LogP contribution is 2.14. The molecule has 0 unspecified atom stereocenters. The average Bonchev–Trinajstić information content (AvgIpc) is 2.86. The van der Waals surface area contributed by atoms with E-state index in [0.717, 1.165) is 11.0 Å². The van der Waals surface area contributed by atoms with E-state index in [-0.39, 0.29) is 11.0 Å². The van der Waals surface area contributed by atoms with E-state index in [2.05, 4.69) is 15.2 Å². The Morgan fingerprint density at radius 2 is 1.81 bits per heavy atom. The number of aromatic nitrogens is 5. The third-order valence-corrected chi connectivity index (χ3v) is 3.70. The van der Waals surface area contributed by atoms with Gasteiger partial charge in [0.2, 0.25) is 5.43 Å². The van der Waals surface area contributed by atoms with Crippen LogP contribution in [0.4, 0.5) is 0 Å². The molecule has 2 N–H and O–H groups in total. The van der Waals surface area contributed by atoms with Crippen LogP contribution < -0.4 is 16.7 Å². The summed E-state index contributed by atoms with van der Waals surface area (Å²) in [6.07, 6.45) is 1.51. The van der Waals surface area contributed by atoms with Crippen LogP contribution in [0.3, 0.4) is 0 Å².